The molecule has 0 radical (unpaired) electrons. The Kier molecular flexibility index (Phi) is 6.88. The molecule has 8 heteroatoms. The summed E-state index contributed by atoms with van der Waals surface area (Å²) in [7, 11) is 0. The Morgan fingerprint density at radius 2 is 2.04 bits per heavy atom. The van der Waals surface area contributed by atoms with Crippen molar-refractivity contribution in [2.24, 2.45) is 5.41 Å². The smallest absolute Gasteiger partial charge is 0.305 e. The molecule has 1 aromatic carbocycles. The van der Waals surface area contributed by atoms with Crippen LogP contribution in [0.1, 0.15) is 25.5 Å². The van der Waals surface area contributed by atoms with E-state index in [1.807, 2.05) is 13.8 Å². The molecule has 1 fully saturated rings. The van der Waals surface area contributed by atoms with Gasteiger partial charge in [-0.2, -0.15) is 4.39 Å². The van der Waals surface area contributed by atoms with E-state index in [0.717, 1.165) is 32.2 Å². The van der Waals surface area contributed by atoms with Crippen molar-refractivity contribution < 1.29 is 14.4 Å². The summed E-state index contributed by atoms with van der Waals surface area (Å²) in [5.41, 5.74) is -0.358. The van der Waals surface area contributed by atoms with E-state index in [2.05, 4.69) is 10.2 Å². The van der Waals surface area contributed by atoms with Gasteiger partial charge >= 0.3 is 5.69 Å². The fourth-order valence-electron chi connectivity index (χ4n) is 3.02. The van der Waals surface area contributed by atoms with E-state index in [1.54, 1.807) is 6.07 Å². The number of hydrogen-bond donors (Lipinski definition) is 2. The molecular formula is C15H23ClFN3O3. The number of aliphatic hydroxyl groups excluding tert-OH is 1. The van der Waals surface area contributed by atoms with Crippen molar-refractivity contribution in [1.82, 2.24) is 10.2 Å². The highest BCUT2D eigenvalue weighted by Crippen LogP contribution is 2.39. The van der Waals surface area contributed by atoms with E-state index >= 15 is 0 Å². The Bertz CT molecular complexity index is 551. The van der Waals surface area contributed by atoms with Gasteiger partial charge in [0.25, 0.3) is 0 Å². The third-order valence-corrected chi connectivity index (χ3v) is 4.15. The van der Waals surface area contributed by atoms with Gasteiger partial charge in [-0.3, -0.25) is 15.0 Å². The molecule has 1 aliphatic heterocycles. The molecule has 23 heavy (non-hydrogen) atoms. The van der Waals surface area contributed by atoms with Crippen molar-refractivity contribution in [1.29, 1.82) is 0 Å². The fraction of sp³-hybridized carbons (Fsp3) is 0.600. The number of nitro groups is 1. The number of nitrogens with zero attached hydrogens (tertiary/aromatic N) is 2. The summed E-state index contributed by atoms with van der Waals surface area (Å²) in [6, 6.07) is 3.79. The van der Waals surface area contributed by atoms with Crippen LogP contribution in [0.15, 0.2) is 18.2 Å². The van der Waals surface area contributed by atoms with Gasteiger partial charge in [-0.05, 0) is 11.6 Å². The van der Waals surface area contributed by atoms with Gasteiger partial charge in [0.15, 0.2) is 0 Å². The van der Waals surface area contributed by atoms with Crippen molar-refractivity contribution in [2.45, 2.75) is 19.9 Å². The summed E-state index contributed by atoms with van der Waals surface area (Å²) < 4.78 is 13.6. The Morgan fingerprint density at radius 1 is 1.43 bits per heavy atom. The molecule has 0 amide bonds. The summed E-state index contributed by atoms with van der Waals surface area (Å²) >= 11 is 0. The van der Waals surface area contributed by atoms with Crippen molar-refractivity contribution in [3.63, 3.8) is 0 Å². The molecule has 0 unspecified atom stereocenters. The largest absolute Gasteiger partial charge is 0.396 e. The van der Waals surface area contributed by atoms with E-state index in [1.165, 1.54) is 6.07 Å². The first-order valence-corrected chi connectivity index (χ1v) is 7.36. The SMILES string of the molecule is CC(C)(CO)[C@@H](c1ccc(F)c([N+](=O)[O-])c1)N1CCNCC1.Cl. The molecular weight excluding hydrogens is 325 g/mol. The minimum Gasteiger partial charge on any atom is -0.396 e. The third-order valence-electron chi connectivity index (χ3n) is 4.15. The van der Waals surface area contributed by atoms with E-state index in [4.69, 9.17) is 0 Å². The lowest BCUT2D eigenvalue weighted by atomic mass is 9.79. The first kappa shape index (κ1) is 19.8. The Labute approximate surface area is 141 Å². The van der Waals surface area contributed by atoms with Crippen LogP contribution in [0.3, 0.4) is 0 Å². The summed E-state index contributed by atoms with van der Waals surface area (Å²) in [5.74, 6) is -0.838. The van der Waals surface area contributed by atoms with E-state index in [-0.39, 0.29) is 25.1 Å². The highest BCUT2D eigenvalue weighted by molar-refractivity contribution is 5.85. The van der Waals surface area contributed by atoms with Crippen LogP contribution in [-0.2, 0) is 0 Å². The van der Waals surface area contributed by atoms with Crippen LogP contribution < -0.4 is 5.32 Å². The van der Waals surface area contributed by atoms with Gasteiger partial charge in [-0.25, -0.2) is 0 Å². The predicted molar refractivity (Wildman–Crippen MR) is 88.4 cm³/mol. The molecule has 0 aliphatic carbocycles. The first-order chi connectivity index (χ1) is 10.4. The lowest BCUT2D eigenvalue weighted by molar-refractivity contribution is -0.387. The standard InChI is InChI=1S/C15H22FN3O3.ClH/c1-15(2,10-20)14(18-7-5-17-6-8-18)11-3-4-12(16)13(9-11)19(21)22;/h3-4,9,14,17,20H,5-8,10H2,1-2H3;1H/t14-;/m1./s1. The molecule has 0 spiro atoms. The van der Waals surface area contributed by atoms with Crippen molar-refractivity contribution in [3.8, 4) is 0 Å². The molecule has 2 rings (SSSR count). The maximum absolute atomic E-state index is 13.6. The average Bonchev–Trinajstić information content (AvgIpc) is 2.50. The number of rotatable bonds is 5. The van der Waals surface area contributed by atoms with Crippen molar-refractivity contribution >= 4 is 18.1 Å². The van der Waals surface area contributed by atoms with Gasteiger partial charge in [0.2, 0.25) is 5.82 Å². The molecule has 1 heterocycles. The van der Waals surface area contributed by atoms with E-state index in [0.29, 0.717) is 5.56 Å². The molecule has 1 aliphatic rings. The number of aliphatic hydroxyl groups is 1. The van der Waals surface area contributed by atoms with E-state index in [9.17, 15) is 19.6 Å². The quantitative estimate of drug-likeness (QED) is 0.630. The third kappa shape index (κ3) is 4.38. The predicted octanol–water partition coefficient (Wildman–Crippen LogP) is 2.12. The van der Waals surface area contributed by atoms with Gasteiger partial charge in [0, 0.05) is 50.3 Å². The van der Waals surface area contributed by atoms with E-state index < -0.39 is 21.8 Å². The normalized spacial score (nSPS) is 17.4. The molecule has 130 valence electrons. The van der Waals surface area contributed by atoms with Crippen LogP contribution in [-0.4, -0.2) is 47.7 Å². The van der Waals surface area contributed by atoms with Crippen molar-refractivity contribution in [2.75, 3.05) is 32.8 Å². The summed E-state index contributed by atoms with van der Waals surface area (Å²) in [6.07, 6.45) is 0. The van der Waals surface area contributed by atoms with Gasteiger partial charge < -0.3 is 10.4 Å². The molecule has 1 aromatic rings. The molecule has 0 aromatic heterocycles. The second-order valence-electron chi connectivity index (χ2n) is 6.30. The summed E-state index contributed by atoms with van der Waals surface area (Å²) in [6.45, 7) is 6.96. The zero-order valence-electron chi connectivity index (χ0n) is 13.3. The molecule has 1 saturated heterocycles. The maximum atomic E-state index is 13.6. The molecule has 2 N–H and O–H groups in total. The van der Waals surface area contributed by atoms with Crippen LogP contribution in [0.4, 0.5) is 10.1 Å². The first-order valence-electron chi connectivity index (χ1n) is 7.36. The Hall–Kier alpha value is -1.28. The zero-order valence-corrected chi connectivity index (χ0v) is 14.1. The van der Waals surface area contributed by atoms with Crippen LogP contribution in [0.2, 0.25) is 0 Å². The van der Waals surface area contributed by atoms with Gasteiger partial charge in [0.05, 0.1) is 4.92 Å². The lowest BCUT2D eigenvalue weighted by Crippen LogP contribution is -2.49. The van der Waals surface area contributed by atoms with Crippen molar-refractivity contribution in [3.05, 3.63) is 39.7 Å². The van der Waals surface area contributed by atoms with Gasteiger partial charge in [0.1, 0.15) is 0 Å². The highest BCUT2D eigenvalue weighted by Gasteiger charge is 2.36. The number of nitrogens with one attached hydrogen (secondary N) is 1. The molecule has 0 bridgehead atoms. The fourth-order valence-corrected chi connectivity index (χ4v) is 3.02. The molecule has 1 atom stereocenters. The van der Waals surface area contributed by atoms with Crippen LogP contribution in [0.5, 0.6) is 0 Å². The Morgan fingerprint density at radius 3 is 2.57 bits per heavy atom. The van der Waals surface area contributed by atoms with Crippen LogP contribution in [0, 0.1) is 21.3 Å². The van der Waals surface area contributed by atoms with Crippen LogP contribution in [0.25, 0.3) is 0 Å². The monoisotopic (exact) mass is 347 g/mol. The summed E-state index contributed by atoms with van der Waals surface area (Å²) in [4.78, 5) is 12.5. The number of hydrogen-bond acceptors (Lipinski definition) is 5. The second-order valence-corrected chi connectivity index (χ2v) is 6.30. The topological polar surface area (TPSA) is 78.6 Å². The highest BCUT2D eigenvalue weighted by atomic mass is 35.5. The maximum Gasteiger partial charge on any atom is 0.305 e. The minimum absolute atomic E-state index is 0. The molecule has 0 saturated carbocycles. The average molecular weight is 348 g/mol. The number of benzene rings is 1. The van der Waals surface area contributed by atoms with Crippen LogP contribution >= 0.6 is 12.4 Å². The second kappa shape index (κ2) is 8.01. The minimum atomic E-state index is -0.838. The zero-order chi connectivity index (χ0) is 16.3. The lowest BCUT2D eigenvalue weighted by Gasteiger charge is -2.43. The number of halogens is 2. The number of nitro benzene ring substituents is 1. The Balaban J connectivity index is 0.00000264. The summed E-state index contributed by atoms with van der Waals surface area (Å²) in [5, 5.41) is 24.0. The molecule has 6 nitrogen and oxygen atoms in total. The van der Waals surface area contributed by atoms with Gasteiger partial charge in [-0.1, -0.05) is 19.9 Å². The van der Waals surface area contributed by atoms with Gasteiger partial charge in [-0.15, -0.1) is 12.4 Å². The number of piperazine rings is 1.